The molecule has 0 saturated carbocycles. The van der Waals surface area contributed by atoms with E-state index in [1.807, 2.05) is 30.3 Å². The van der Waals surface area contributed by atoms with E-state index >= 15 is 0 Å². The van der Waals surface area contributed by atoms with E-state index in [4.69, 9.17) is 12.2 Å². The average Bonchev–Trinajstić information content (AvgIpc) is 2.29. The lowest BCUT2D eigenvalue weighted by Crippen LogP contribution is -2.39. The first-order valence-electron chi connectivity index (χ1n) is 5.01. The Kier molecular flexibility index (Phi) is 4.84. The Hall–Kier alpha value is -1.35. The molecule has 0 heterocycles. The Morgan fingerprint density at radius 1 is 1.47 bits per heavy atom. The van der Waals surface area contributed by atoms with Crippen molar-refractivity contribution in [1.82, 2.24) is 5.32 Å². The zero-order chi connectivity index (χ0) is 11.1. The average molecular weight is 220 g/mol. The second-order valence-corrected chi connectivity index (χ2v) is 3.44. The number of thiocarbonyl (C=S) groups is 1. The summed E-state index contributed by atoms with van der Waals surface area (Å²) >= 11 is 5.29. The maximum Gasteiger partial charge on any atom is 0.173 e. The molecule has 15 heavy (non-hydrogen) atoms. The monoisotopic (exact) mass is 220 g/mol. The van der Waals surface area contributed by atoms with Crippen LogP contribution in [0.4, 0.5) is 5.69 Å². The van der Waals surface area contributed by atoms with Crippen molar-refractivity contribution in [2.24, 2.45) is 0 Å². The first-order valence-corrected chi connectivity index (χ1v) is 5.41. The van der Waals surface area contributed by atoms with Crippen molar-refractivity contribution in [1.29, 1.82) is 0 Å². The molecule has 80 valence electrons. The lowest BCUT2D eigenvalue weighted by Gasteiger charge is -2.23. The van der Waals surface area contributed by atoms with Gasteiger partial charge >= 0.3 is 0 Å². The van der Waals surface area contributed by atoms with Gasteiger partial charge in [0.05, 0.1) is 0 Å². The minimum Gasteiger partial charge on any atom is -0.359 e. The highest BCUT2D eigenvalue weighted by Gasteiger charge is 2.07. The Bertz CT molecular complexity index is 322. The van der Waals surface area contributed by atoms with Crippen LogP contribution in [0, 0.1) is 0 Å². The van der Waals surface area contributed by atoms with E-state index in [1.54, 1.807) is 6.08 Å². The SMILES string of the molecule is C=CCNC(=S)N(CC)c1ccccc1. The second-order valence-electron chi connectivity index (χ2n) is 3.05. The first-order chi connectivity index (χ1) is 7.29. The van der Waals surface area contributed by atoms with E-state index in [1.165, 1.54) is 0 Å². The summed E-state index contributed by atoms with van der Waals surface area (Å²) in [4.78, 5) is 2.05. The number of hydrogen-bond acceptors (Lipinski definition) is 1. The summed E-state index contributed by atoms with van der Waals surface area (Å²) in [5, 5.41) is 3.86. The summed E-state index contributed by atoms with van der Waals surface area (Å²) < 4.78 is 0. The summed E-state index contributed by atoms with van der Waals surface area (Å²) in [5.41, 5.74) is 1.11. The van der Waals surface area contributed by atoms with Crippen LogP contribution in [0.1, 0.15) is 6.92 Å². The highest BCUT2D eigenvalue weighted by atomic mass is 32.1. The molecule has 2 nitrogen and oxygen atoms in total. The van der Waals surface area contributed by atoms with Crippen molar-refractivity contribution >= 4 is 23.0 Å². The predicted molar refractivity (Wildman–Crippen MR) is 70.3 cm³/mol. The van der Waals surface area contributed by atoms with Gasteiger partial charge in [-0.25, -0.2) is 0 Å². The van der Waals surface area contributed by atoms with Crippen molar-refractivity contribution < 1.29 is 0 Å². The van der Waals surface area contributed by atoms with Crippen LogP contribution in [0.2, 0.25) is 0 Å². The van der Waals surface area contributed by atoms with E-state index in [0.29, 0.717) is 6.54 Å². The van der Waals surface area contributed by atoms with Gasteiger partial charge in [-0.15, -0.1) is 6.58 Å². The van der Waals surface area contributed by atoms with Crippen LogP contribution in [0.25, 0.3) is 0 Å². The van der Waals surface area contributed by atoms with Crippen LogP contribution in [0.5, 0.6) is 0 Å². The molecule has 1 aromatic carbocycles. The summed E-state index contributed by atoms with van der Waals surface area (Å²) in [5.74, 6) is 0. The predicted octanol–water partition coefficient (Wildman–Crippen LogP) is 2.57. The smallest absolute Gasteiger partial charge is 0.173 e. The first kappa shape index (κ1) is 11.7. The number of nitrogens with zero attached hydrogens (tertiary/aromatic N) is 1. The van der Waals surface area contributed by atoms with E-state index < -0.39 is 0 Å². The van der Waals surface area contributed by atoms with Gasteiger partial charge in [-0.2, -0.15) is 0 Å². The Balaban J connectivity index is 2.71. The Morgan fingerprint density at radius 2 is 2.13 bits per heavy atom. The molecule has 0 aliphatic heterocycles. The fraction of sp³-hybridized carbons (Fsp3) is 0.250. The molecule has 0 saturated heterocycles. The fourth-order valence-electron chi connectivity index (χ4n) is 1.31. The van der Waals surface area contributed by atoms with Gasteiger partial charge in [-0.05, 0) is 31.3 Å². The molecular weight excluding hydrogens is 204 g/mol. The van der Waals surface area contributed by atoms with Gasteiger partial charge in [0, 0.05) is 18.8 Å². The van der Waals surface area contributed by atoms with E-state index in [9.17, 15) is 0 Å². The van der Waals surface area contributed by atoms with E-state index in [0.717, 1.165) is 17.3 Å². The number of hydrogen-bond donors (Lipinski definition) is 1. The highest BCUT2D eigenvalue weighted by Crippen LogP contribution is 2.12. The Labute approximate surface area is 96.6 Å². The molecule has 3 heteroatoms. The molecule has 0 fully saturated rings. The van der Waals surface area contributed by atoms with Crippen molar-refractivity contribution in [3.8, 4) is 0 Å². The lowest BCUT2D eigenvalue weighted by atomic mass is 10.3. The van der Waals surface area contributed by atoms with Crippen LogP contribution < -0.4 is 10.2 Å². The standard InChI is InChI=1S/C12H16N2S/c1-3-10-13-12(15)14(4-2)11-8-6-5-7-9-11/h3,5-9H,1,4,10H2,2H3,(H,13,15). The number of para-hydroxylation sites is 1. The normalized spacial score (nSPS) is 9.40. The van der Waals surface area contributed by atoms with E-state index in [2.05, 4.69) is 23.7 Å². The van der Waals surface area contributed by atoms with Crippen molar-refractivity contribution in [2.45, 2.75) is 6.92 Å². The lowest BCUT2D eigenvalue weighted by molar-refractivity contribution is 0.972. The number of anilines is 1. The fourth-order valence-corrected chi connectivity index (χ4v) is 1.62. The maximum atomic E-state index is 5.29. The number of benzene rings is 1. The third-order valence-corrected chi connectivity index (χ3v) is 2.39. The molecule has 0 aliphatic carbocycles. The second kappa shape index (κ2) is 6.19. The van der Waals surface area contributed by atoms with Crippen molar-refractivity contribution in [3.63, 3.8) is 0 Å². The van der Waals surface area contributed by atoms with Crippen molar-refractivity contribution in [2.75, 3.05) is 18.0 Å². The van der Waals surface area contributed by atoms with Gasteiger partial charge in [0.1, 0.15) is 0 Å². The minimum atomic E-state index is 0.697. The van der Waals surface area contributed by atoms with Crippen LogP contribution in [-0.4, -0.2) is 18.2 Å². The summed E-state index contributed by atoms with van der Waals surface area (Å²) in [6.07, 6.45) is 1.80. The van der Waals surface area contributed by atoms with Gasteiger partial charge in [0.25, 0.3) is 0 Å². The van der Waals surface area contributed by atoms with Gasteiger partial charge < -0.3 is 10.2 Å². The molecule has 0 aromatic heterocycles. The molecule has 0 unspecified atom stereocenters. The van der Waals surface area contributed by atoms with Gasteiger partial charge in [-0.1, -0.05) is 24.3 Å². The zero-order valence-corrected chi connectivity index (χ0v) is 9.76. The topological polar surface area (TPSA) is 15.3 Å². The molecule has 1 aromatic rings. The third-order valence-electron chi connectivity index (χ3n) is 2.03. The molecule has 0 amide bonds. The van der Waals surface area contributed by atoms with Crippen LogP contribution in [-0.2, 0) is 0 Å². The molecule has 0 atom stereocenters. The summed E-state index contributed by atoms with van der Waals surface area (Å²) in [7, 11) is 0. The Morgan fingerprint density at radius 3 is 2.67 bits per heavy atom. The maximum absolute atomic E-state index is 5.29. The largest absolute Gasteiger partial charge is 0.359 e. The molecule has 0 bridgehead atoms. The van der Waals surface area contributed by atoms with Crippen LogP contribution >= 0.6 is 12.2 Å². The number of rotatable bonds is 4. The summed E-state index contributed by atoms with van der Waals surface area (Å²) in [6.45, 7) is 7.28. The minimum absolute atomic E-state index is 0.697. The van der Waals surface area contributed by atoms with Gasteiger partial charge in [-0.3, -0.25) is 0 Å². The van der Waals surface area contributed by atoms with Gasteiger partial charge in [0.15, 0.2) is 5.11 Å². The van der Waals surface area contributed by atoms with Crippen LogP contribution in [0.15, 0.2) is 43.0 Å². The molecule has 0 radical (unpaired) electrons. The van der Waals surface area contributed by atoms with Crippen molar-refractivity contribution in [3.05, 3.63) is 43.0 Å². The molecule has 1 N–H and O–H groups in total. The van der Waals surface area contributed by atoms with E-state index in [-0.39, 0.29) is 0 Å². The molecular formula is C12H16N2S. The van der Waals surface area contributed by atoms with Crippen LogP contribution in [0.3, 0.4) is 0 Å². The summed E-state index contributed by atoms with van der Waals surface area (Å²) in [6, 6.07) is 10.1. The zero-order valence-electron chi connectivity index (χ0n) is 8.94. The van der Waals surface area contributed by atoms with Gasteiger partial charge in [0.2, 0.25) is 0 Å². The highest BCUT2D eigenvalue weighted by molar-refractivity contribution is 7.80. The molecule has 1 rings (SSSR count). The third kappa shape index (κ3) is 3.36. The molecule has 0 spiro atoms. The quantitative estimate of drug-likeness (QED) is 0.620. The molecule has 0 aliphatic rings. The number of nitrogens with one attached hydrogen (secondary N) is 1.